The molecule has 0 aromatic heterocycles. The molecule has 2 aromatic carbocycles. The highest BCUT2D eigenvalue weighted by Gasteiger charge is 2.21. The highest BCUT2D eigenvalue weighted by atomic mass is 32.2. The summed E-state index contributed by atoms with van der Waals surface area (Å²) in [5, 5.41) is 7.10. The molecule has 0 radical (unpaired) electrons. The van der Waals surface area contributed by atoms with Crippen molar-refractivity contribution in [1.29, 1.82) is 0 Å². The van der Waals surface area contributed by atoms with Crippen molar-refractivity contribution >= 4 is 34.8 Å². The van der Waals surface area contributed by atoms with E-state index in [2.05, 4.69) is 29.7 Å². The number of thiocarbonyl (C=S) groups is 1. The van der Waals surface area contributed by atoms with Gasteiger partial charge in [-0.25, -0.2) is 4.39 Å². The van der Waals surface area contributed by atoms with Crippen molar-refractivity contribution in [3.05, 3.63) is 59.4 Å². The lowest BCUT2D eigenvalue weighted by atomic mass is 10.0. The number of benzene rings is 2. The van der Waals surface area contributed by atoms with Crippen molar-refractivity contribution in [2.75, 3.05) is 11.1 Å². The summed E-state index contributed by atoms with van der Waals surface area (Å²) in [6.45, 7) is 2.13. The number of rotatable bonds is 3. The summed E-state index contributed by atoms with van der Waals surface area (Å²) in [4.78, 5) is 1.13. The first kappa shape index (κ1) is 16.3. The van der Waals surface area contributed by atoms with Gasteiger partial charge in [0.05, 0.1) is 6.04 Å². The fraction of sp³-hybridized carbons (Fsp3) is 0.278. The van der Waals surface area contributed by atoms with E-state index in [1.54, 1.807) is 17.8 Å². The van der Waals surface area contributed by atoms with Gasteiger partial charge < -0.3 is 10.6 Å². The second kappa shape index (κ2) is 7.32. The number of aryl methyl sites for hydroxylation is 1. The van der Waals surface area contributed by atoms with Crippen molar-refractivity contribution in [2.24, 2.45) is 0 Å². The normalized spacial score (nSPS) is 16.5. The van der Waals surface area contributed by atoms with Crippen molar-refractivity contribution in [3.8, 4) is 0 Å². The first-order chi connectivity index (χ1) is 11.2. The van der Waals surface area contributed by atoms with E-state index in [0.29, 0.717) is 5.11 Å². The molecule has 0 spiro atoms. The van der Waals surface area contributed by atoms with E-state index in [1.807, 2.05) is 18.2 Å². The molecule has 2 aromatic rings. The Balaban J connectivity index is 1.67. The monoisotopic (exact) mass is 346 g/mol. The molecule has 2 N–H and O–H groups in total. The fourth-order valence-electron chi connectivity index (χ4n) is 2.66. The Morgan fingerprint density at radius 3 is 2.78 bits per heavy atom. The number of anilines is 1. The molecule has 0 unspecified atom stereocenters. The van der Waals surface area contributed by atoms with Crippen molar-refractivity contribution in [3.63, 3.8) is 0 Å². The average Bonchev–Trinajstić information content (AvgIpc) is 2.56. The zero-order chi connectivity index (χ0) is 16.2. The average molecular weight is 346 g/mol. The summed E-state index contributed by atoms with van der Waals surface area (Å²) < 4.78 is 13.5. The highest BCUT2D eigenvalue weighted by Crippen LogP contribution is 2.36. The molecule has 5 heteroatoms. The van der Waals surface area contributed by atoms with E-state index in [4.69, 9.17) is 12.2 Å². The summed E-state index contributed by atoms with van der Waals surface area (Å²) in [6.07, 6.45) is 1.95. The van der Waals surface area contributed by atoms with Crippen LogP contribution >= 0.6 is 24.0 Å². The minimum Gasteiger partial charge on any atom is -0.356 e. The van der Waals surface area contributed by atoms with Gasteiger partial charge in [-0.3, -0.25) is 0 Å². The summed E-state index contributed by atoms with van der Waals surface area (Å²) in [7, 11) is 0. The summed E-state index contributed by atoms with van der Waals surface area (Å²) in [5.74, 6) is 0.802. The van der Waals surface area contributed by atoms with Crippen LogP contribution in [0.25, 0.3) is 0 Å². The summed E-state index contributed by atoms with van der Waals surface area (Å²) in [5.41, 5.74) is 3.25. The minimum absolute atomic E-state index is 0.0527. The molecular weight excluding hydrogens is 327 g/mol. The predicted molar refractivity (Wildman–Crippen MR) is 99.7 cm³/mol. The third-order valence-electron chi connectivity index (χ3n) is 3.94. The van der Waals surface area contributed by atoms with E-state index >= 15 is 0 Å². The van der Waals surface area contributed by atoms with Gasteiger partial charge in [0.1, 0.15) is 5.82 Å². The van der Waals surface area contributed by atoms with E-state index in [0.717, 1.165) is 34.7 Å². The Morgan fingerprint density at radius 2 is 2.04 bits per heavy atom. The highest BCUT2D eigenvalue weighted by molar-refractivity contribution is 7.99. The zero-order valence-electron chi connectivity index (χ0n) is 12.9. The molecule has 1 heterocycles. The number of halogens is 1. The van der Waals surface area contributed by atoms with Gasteiger partial charge in [-0.15, -0.1) is 11.8 Å². The molecule has 0 bridgehead atoms. The third-order valence-corrected chi connectivity index (χ3v) is 5.28. The number of nitrogens with one attached hydrogen (secondary N) is 2. The Bertz CT molecular complexity index is 701. The molecule has 3 rings (SSSR count). The van der Waals surface area contributed by atoms with Gasteiger partial charge in [-0.1, -0.05) is 19.1 Å². The zero-order valence-corrected chi connectivity index (χ0v) is 14.6. The van der Waals surface area contributed by atoms with E-state index in [-0.39, 0.29) is 11.9 Å². The maximum atomic E-state index is 13.5. The van der Waals surface area contributed by atoms with Crippen LogP contribution in [-0.2, 0) is 6.42 Å². The Kier molecular flexibility index (Phi) is 5.18. The van der Waals surface area contributed by atoms with Crippen LogP contribution in [0.1, 0.15) is 30.5 Å². The first-order valence-corrected chi connectivity index (χ1v) is 9.14. The smallest absolute Gasteiger partial charge is 0.171 e. The minimum atomic E-state index is -0.202. The molecule has 1 aliphatic heterocycles. The number of thioether (sulfide) groups is 1. The first-order valence-electron chi connectivity index (χ1n) is 7.74. The van der Waals surface area contributed by atoms with Gasteiger partial charge in [0.2, 0.25) is 0 Å². The van der Waals surface area contributed by atoms with Crippen LogP contribution in [0.4, 0.5) is 10.1 Å². The van der Waals surface area contributed by atoms with Gasteiger partial charge in [-0.2, -0.15) is 0 Å². The fourth-order valence-corrected chi connectivity index (χ4v) is 4.03. The number of hydrogen-bond acceptors (Lipinski definition) is 2. The van der Waals surface area contributed by atoms with Crippen molar-refractivity contribution < 1.29 is 4.39 Å². The van der Waals surface area contributed by atoms with Gasteiger partial charge in [0.15, 0.2) is 5.11 Å². The molecule has 23 heavy (non-hydrogen) atoms. The second-order valence-electron chi connectivity index (χ2n) is 5.52. The van der Waals surface area contributed by atoms with Crippen molar-refractivity contribution in [2.45, 2.75) is 30.7 Å². The molecule has 0 amide bonds. The molecule has 0 saturated carbocycles. The van der Waals surface area contributed by atoms with Gasteiger partial charge in [0, 0.05) is 16.3 Å². The maximum absolute atomic E-state index is 13.5. The molecule has 120 valence electrons. The quantitative estimate of drug-likeness (QED) is 0.771. The number of hydrogen-bond donors (Lipinski definition) is 2. The largest absolute Gasteiger partial charge is 0.356 e. The van der Waals surface area contributed by atoms with Crippen LogP contribution < -0.4 is 10.6 Å². The lowest BCUT2D eigenvalue weighted by Crippen LogP contribution is -2.34. The molecule has 0 aliphatic carbocycles. The standard InChI is InChI=1S/C18H19FN2S2/c1-2-12-3-6-14(7-4-12)20-18(22)21-16-9-10-23-17-8-5-13(19)11-15(16)17/h3-8,11,16H,2,9-10H2,1H3,(H2,20,21,22)/t16-/m0/s1. The molecular formula is C18H19FN2S2. The molecule has 1 aliphatic rings. The SMILES string of the molecule is CCc1ccc(NC(=S)N[C@H]2CCSc3ccc(F)cc32)cc1. The topological polar surface area (TPSA) is 24.1 Å². The van der Waals surface area contributed by atoms with Crippen LogP contribution in [-0.4, -0.2) is 10.9 Å². The van der Waals surface area contributed by atoms with Gasteiger partial charge in [0.25, 0.3) is 0 Å². The Labute approximate surface area is 145 Å². The van der Waals surface area contributed by atoms with Crippen LogP contribution in [0.2, 0.25) is 0 Å². The lowest BCUT2D eigenvalue weighted by Gasteiger charge is -2.27. The molecule has 1 atom stereocenters. The van der Waals surface area contributed by atoms with Crippen LogP contribution in [0, 0.1) is 5.82 Å². The summed E-state index contributed by atoms with van der Waals surface area (Å²) >= 11 is 7.18. The predicted octanol–water partition coefficient (Wildman–Crippen LogP) is 4.91. The Hall–Kier alpha value is -1.59. The third kappa shape index (κ3) is 4.03. The van der Waals surface area contributed by atoms with E-state index in [1.165, 1.54) is 11.6 Å². The van der Waals surface area contributed by atoms with E-state index in [9.17, 15) is 4.39 Å². The van der Waals surface area contributed by atoms with Crippen LogP contribution in [0.15, 0.2) is 47.4 Å². The molecule has 0 fully saturated rings. The van der Waals surface area contributed by atoms with Crippen LogP contribution in [0.5, 0.6) is 0 Å². The number of fused-ring (bicyclic) bond motifs is 1. The van der Waals surface area contributed by atoms with Crippen LogP contribution in [0.3, 0.4) is 0 Å². The summed E-state index contributed by atoms with van der Waals surface area (Å²) in [6, 6.07) is 13.3. The maximum Gasteiger partial charge on any atom is 0.171 e. The second-order valence-corrected chi connectivity index (χ2v) is 7.07. The molecule has 2 nitrogen and oxygen atoms in total. The van der Waals surface area contributed by atoms with Crippen molar-refractivity contribution in [1.82, 2.24) is 5.32 Å². The lowest BCUT2D eigenvalue weighted by molar-refractivity contribution is 0.587. The van der Waals surface area contributed by atoms with E-state index < -0.39 is 0 Å². The Morgan fingerprint density at radius 1 is 1.26 bits per heavy atom. The van der Waals surface area contributed by atoms with Gasteiger partial charge in [-0.05, 0) is 66.5 Å². The van der Waals surface area contributed by atoms with Gasteiger partial charge >= 0.3 is 0 Å². The molecule has 0 saturated heterocycles.